The monoisotopic (exact) mass is 294 g/mol. The Morgan fingerprint density at radius 1 is 1.30 bits per heavy atom. The van der Waals surface area contributed by atoms with Gasteiger partial charge in [0.2, 0.25) is 0 Å². The van der Waals surface area contributed by atoms with Crippen molar-refractivity contribution in [2.24, 2.45) is 0 Å². The molecule has 3 N–H and O–H groups in total. The highest BCUT2D eigenvalue weighted by molar-refractivity contribution is 7.80. The van der Waals surface area contributed by atoms with Gasteiger partial charge in [-0.25, -0.2) is 0 Å². The zero-order chi connectivity index (χ0) is 14.2. The molecule has 0 amide bonds. The molecular formula is C15H24N3OS+. The molecule has 0 aromatic heterocycles. The van der Waals surface area contributed by atoms with Crippen LogP contribution in [-0.4, -0.2) is 44.5 Å². The number of thiocarbonyl (C=S) groups is 1. The Morgan fingerprint density at radius 2 is 2.05 bits per heavy atom. The largest absolute Gasteiger partial charge is 0.370 e. The molecule has 1 aromatic carbocycles. The van der Waals surface area contributed by atoms with Gasteiger partial charge in [0.15, 0.2) is 5.11 Å². The van der Waals surface area contributed by atoms with Crippen molar-refractivity contribution in [1.29, 1.82) is 0 Å². The van der Waals surface area contributed by atoms with Gasteiger partial charge in [0.25, 0.3) is 0 Å². The second-order valence-corrected chi connectivity index (χ2v) is 5.57. The Bertz CT molecular complexity index is 433. The summed E-state index contributed by atoms with van der Waals surface area (Å²) < 4.78 is 5.35. The number of morpholine rings is 1. The van der Waals surface area contributed by atoms with Crippen molar-refractivity contribution in [3.63, 3.8) is 0 Å². The van der Waals surface area contributed by atoms with E-state index in [1.807, 2.05) is 18.2 Å². The summed E-state index contributed by atoms with van der Waals surface area (Å²) in [6, 6.07) is 8.16. The van der Waals surface area contributed by atoms with Gasteiger partial charge in [-0.05, 0) is 30.8 Å². The maximum absolute atomic E-state index is 5.35. The molecule has 1 fully saturated rings. The first-order valence-electron chi connectivity index (χ1n) is 7.27. The number of benzene rings is 1. The molecule has 20 heavy (non-hydrogen) atoms. The molecule has 2 rings (SSSR count). The standard InChI is InChI=1S/C15H23N3OS/c1-13-5-2-3-6-14(13)17-15(20)16-7-4-8-18-9-11-19-12-10-18/h2-3,5-6H,4,7-12H2,1H3,(H2,16,17,20)/p+1. The summed E-state index contributed by atoms with van der Waals surface area (Å²) in [6.45, 7) is 8.24. The molecule has 0 aliphatic carbocycles. The smallest absolute Gasteiger partial charge is 0.170 e. The summed E-state index contributed by atoms with van der Waals surface area (Å²) in [5.74, 6) is 0. The summed E-state index contributed by atoms with van der Waals surface area (Å²) in [4.78, 5) is 1.64. The minimum absolute atomic E-state index is 0.705. The molecule has 0 unspecified atom stereocenters. The van der Waals surface area contributed by atoms with Gasteiger partial charge in [-0.2, -0.15) is 0 Å². The fourth-order valence-electron chi connectivity index (χ4n) is 2.33. The van der Waals surface area contributed by atoms with Crippen molar-refractivity contribution in [2.45, 2.75) is 13.3 Å². The molecule has 5 heteroatoms. The van der Waals surface area contributed by atoms with Crippen LogP contribution in [0, 0.1) is 6.92 Å². The highest BCUT2D eigenvalue weighted by atomic mass is 32.1. The van der Waals surface area contributed by atoms with Crippen LogP contribution in [0.5, 0.6) is 0 Å². The number of para-hydroxylation sites is 1. The predicted octanol–water partition coefficient (Wildman–Crippen LogP) is 0.587. The van der Waals surface area contributed by atoms with Crippen molar-refractivity contribution in [2.75, 3.05) is 44.7 Å². The van der Waals surface area contributed by atoms with Crippen molar-refractivity contribution in [3.8, 4) is 0 Å². The fourth-order valence-corrected chi connectivity index (χ4v) is 2.54. The molecule has 1 aromatic rings. The zero-order valence-corrected chi connectivity index (χ0v) is 12.9. The van der Waals surface area contributed by atoms with E-state index < -0.39 is 0 Å². The number of hydrogen-bond acceptors (Lipinski definition) is 2. The first kappa shape index (κ1) is 15.2. The number of quaternary nitrogens is 1. The van der Waals surface area contributed by atoms with E-state index in [1.54, 1.807) is 4.90 Å². The van der Waals surface area contributed by atoms with E-state index in [0.29, 0.717) is 5.11 Å². The summed E-state index contributed by atoms with van der Waals surface area (Å²) in [5.41, 5.74) is 2.28. The minimum atomic E-state index is 0.705. The highest BCUT2D eigenvalue weighted by Crippen LogP contribution is 2.12. The van der Waals surface area contributed by atoms with Crippen LogP contribution in [0.3, 0.4) is 0 Å². The lowest BCUT2D eigenvalue weighted by atomic mass is 10.2. The third-order valence-electron chi connectivity index (χ3n) is 3.59. The van der Waals surface area contributed by atoms with Gasteiger partial charge in [0, 0.05) is 18.7 Å². The average Bonchev–Trinajstić information content (AvgIpc) is 2.47. The van der Waals surface area contributed by atoms with Crippen LogP contribution >= 0.6 is 12.2 Å². The van der Waals surface area contributed by atoms with Crippen LogP contribution in [0.1, 0.15) is 12.0 Å². The molecule has 4 nitrogen and oxygen atoms in total. The number of rotatable bonds is 5. The molecule has 0 radical (unpaired) electrons. The molecule has 1 aliphatic rings. The summed E-state index contributed by atoms with van der Waals surface area (Å²) in [6.07, 6.45) is 1.13. The molecular weight excluding hydrogens is 270 g/mol. The van der Waals surface area contributed by atoms with Crippen LogP contribution in [-0.2, 0) is 4.74 Å². The lowest BCUT2D eigenvalue weighted by Gasteiger charge is -2.23. The maximum atomic E-state index is 5.35. The van der Waals surface area contributed by atoms with Gasteiger partial charge in [-0.15, -0.1) is 0 Å². The lowest BCUT2D eigenvalue weighted by Crippen LogP contribution is -3.14. The zero-order valence-electron chi connectivity index (χ0n) is 12.1. The molecule has 110 valence electrons. The van der Waals surface area contributed by atoms with Crippen molar-refractivity contribution < 1.29 is 9.64 Å². The fraction of sp³-hybridized carbons (Fsp3) is 0.533. The van der Waals surface area contributed by atoms with E-state index in [4.69, 9.17) is 17.0 Å². The van der Waals surface area contributed by atoms with Gasteiger partial charge < -0.3 is 20.3 Å². The van der Waals surface area contributed by atoms with E-state index in [0.717, 1.165) is 45.0 Å². The number of aryl methyl sites for hydroxylation is 1. The lowest BCUT2D eigenvalue weighted by molar-refractivity contribution is -0.908. The molecule has 0 saturated carbocycles. The van der Waals surface area contributed by atoms with Gasteiger partial charge in [-0.3, -0.25) is 0 Å². The van der Waals surface area contributed by atoms with E-state index in [1.165, 1.54) is 12.1 Å². The highest BCUT2D eigenvalue weighted by Gasteiger charge is 2.12. The minimum Gasteiger partial charge on any atom is -0.370 e. The molecule has 0 atom stereocenters. The summed E-state index contributed by atoms with van der Waals surface area (Å²) in [5, 5.41) is 7.22. The number of ether oxygens (including phenoxy) is 1. The number of nitrogens with one attached hydrogen (secondary N) is 3. The number of anilines is 1. The Morgan fingerprint density at radius 3 is 2.80 bits per heavy atom. The molecule has 1 heterocycles. The van der Waals surface area contributed by atoms with Crippen molar-refractivity contribution in [3.05, 3.63) is 29.8 Å². The van der Waals surface area contributed by atoms with Crippen LogP contribution < -0.4 is 15.5 Å². The second kappa shape index (κ2) is 8.19. The van der Waals surface area contributed by atoms with Gasteiger partial charge >= 0.3 is 0 Å². The quantitative estimate of drug-likeness (QED) is 0.549. The van der Waals surface area contributed by atoms with E-state index >= 15 is 0 Å². The van der Waals surface area contributed by atoms with Crippen LogP contribution in [0.15, 0.2) is 24.3 Å². The molecule has 0 spiro atoms. The first-order valence-corrected chi connectivity index (χ1v) is 7.68. The van der Waals surface area contributed by atoms with Gasteiger partial charge in [0.1, 0.15) is 13.1 Å². The second-order valence-electron chi connectivity index (χ2n) is 5.16. The predicted molar refractivity (Wildman–Crippen MR) is 86.4 cm³/mol. The van der Waals surface area contributed by atoms with Crippen molar-refractivity contribution in [1.82, 2.24) is 5.32 Å². The number of hydrogen-bond donors (Lipinski definition) is 3. The van der Waals surface area contributed by atoms with Gasteiger partial charge in [-0.1, -0.05) is 18.2 Å². The summed E-state index contributed by atoms with van der Waals surface area (Å²) >= 11 is 5.32. The third kappa shape index (κ3) is 5.07. The van der Waals surface area contributed by atoms with Crippen molar-refractivity contribution >= 4 is 23.0 Å². The average molecular weight is 294 g/mol. The SMILES string of the molecule is Cc1ccccc1NC(=S)NCCC[NH+]1CCOCC1. The molecule has 0 bridgehead atoms. The Kier molecular flexibility index (Phi) is 6.24. The Hall–Kier alpha value is -1.17. The third-order valence-corrected chi connectivity index (χ3v) is 3.83. The molecule has 1 saturated heterocycles. The Balaban J connectivity index is 1.61. The molecule has 1 aliphatic heterocycles. The summed E-state index contributed by atoms with van der Waals surface area (Å²) in [7, 11) is 0. The maximum Gasteiger partial charge on any atom is 0.170 e. The van der Waals surface area contributed by atoms with Crippen LogP contribution in [0.4, 0.5) is 5.69 Å². The van der Waals surface area contributed by atoms with E-state index in [-0.39, 0.29) is 0 Å². The van der Waals surface area contributed by atoms with Crippen LogP contribution in [0.2, 0.25) is 0 Å². The topological polar surface area (TPSA) is 37.7 Å². The van der Waals surface area contributed by atoms with Crippen LogP contribution in [0.25, 0.3) is 0 Å². The first-order chi connectivity index (χ1) is 9.75. The normalized spacial score (nSPS) is 15.8. The van der Waals surface area contributed by atoms with E-state index in [9.17, 15) is 0 Å². The van der Waals surface area contributed by atoms with Gasteiger partial charge in [0.05, 0.1) is 19.8 Å². The van der Waals surface area contributed by atoms with E-state index in [2.05, 4.69) is 23.6 Å². The Labute approximate surface area is 126 Å².